The third-order valence-corrected chi connectivity index (χ3v) is 10.4. The molecule has 1 saturated carbocycles. The summed E-state index contributed by atoms with van der Waals surface area (Å²) in [5, 5.41) is 6.58. The highest BCUT2D eigenvalue weighted by atomic mass is 32.2. The first-order chi connectivity index (χ1) is 19.9. The summed E-state index contributed by atoms with van der Waals surface area (Å²) in [5.74, 6) is -0.852. The smallest absolute Gasteiger partial charge is 0.411 e. The number of amides is 2. The van der Waals surface area contributed by atoms with E-state index in [0.717, 1.165) is 43.8 Å². The van der Waals surface area contributed by atoms with Gasteiger partial charge < -0.3 is 15.4 Å². The first-order valence-electron chi connectivity index (χ1n) is 15.5. The molecule has 1 aliphatic carbocycles. The maximum Gasteiger partial charge on any atom is 0.411 e. The highest BCUT2D eigenvalue weighted by Crippen LogP contribution is 2.28. The van der Waals surface area contributed by atoms with Crippen LogP contribution < -0.4 is 10.6 Å². The second-order valence-electron chi connectivity index (χ2n) is 13.2. The Kier molecular flexibility index (Phi) is 11.3. The standard InChI is InChI=1S/C31H48N4O5S2/c1-31(2,3)40-30(37)35-22-42(38,39)21-27(35)28(36)33-26(15-14-23-10-6-4-7-11-23)29(41)32-25-16-18-34(19-17-25)20-24-12-8-5-9-13-24/h5,8-9,12-13,23,25-27H,4,6-7,10-11,14-22H2,1-3H3,(H,32,41)(H,33,36)/t26-,27+/m1/s1. The fraction of sp³-hybridized carbons (Fsp3) is 0.710. The van der Waals surface area contributed by atoms with Crippen molar-refractivity contribution in [1.82, 2.24) is 20.4 Å². The van der Waals surface area contributed by atoms with Crippen molar-refractivity contribution in [2.75, 3.05) is 24.7 Å². The number of hydrogen-bond donors (Lipinski definition) is 2. The van der Waals surface area contributed by atoms with Gasteiger partial charge in [0.15, 0.2) is 9.84 Å². The Balaban J connectivity index is 1.38. The number of nitrogens with one attached hydrogen (secondary N) is 2. The van der Waals surface area contributed by atoms with E-state index in [1.807, 2.05) is 6.07 Å². The maximum atomic E-state index is 13.6. The molecule has 1 aromatic carbocycles. The monoisotopic (exact) mass is 620 g/mol. The molecule has 0 aromatic heterocycles. The predicted molar refractivity (Wildman–Crippen MR) is 169 cm³/mol. The lowest BCUT2D eigenvalue weighted by Gasteiger charge is -2.34. The minimum absolute atomic E-state index is 0.212. The van der Waals surface area contributed by atoms with Gasteiger partial charge in [0.25, 0.3) is 0 Å². The van der Waals surface area contributed by atoms with Gasteiger partial charge in [-0.05, 0) is 57.9 Å². The maximum absolute atomic E-state index is 13.6. The molecule has 2 aliphatic heterocycles. The van der Waals surface area contributed by atoms with E-state index in [9.17, 15) is 18.0 Å². The number of carbonyl (C=O) groups is 2. The number of benzene rings is 1. The Hall–Kier alpha value is -2.24. The second kappa shape index (κ2) is 14.5. The van der Waals surface area contributed by atoms with E-state index < -0.39 is 51.2 Å². The summed E-state index contributed by atoms with van der Waals surface area (Å²) >= 11 is 5.89. The van der Waals surface area contributed by atoms with E-state index in [1.165, 1.54) is 37.7 Å². The average molecular weight is 621 g/mol. The van der Waals surface area contributed by atoms with E-state index in [0.29, 0.717) is 17.3 Å². The van der Waals surface area contributed by atoms with Crippen molar-refractivity contribution >= 4 is 39.0 Å². The van der Waals surface area contributed by atoms with Crippen LogP contribution in [0.15, 0.2) is 30.3 Å². The minimum atomic E-state index is -3.62. The Bertz CT molecular complexity index is 1170. The summed E-state index contributed by atoms with van der Waals surface area (Å²) in [7, 11) is -3.62. The van der Waals surface area contributed by atoms with Crippen molar-refractivity contribution in [3.8, 4) is 0 Å². The number of ether oxygens (including phenoxy) is 1. The summed E-state index contributed by atoms with van der Waals surface area (Å²) < 4.78 is 30.4. The molecule has 3 fully saturated rings. The quantitative estimate of drug-likeness (QED) is 0.391. The molecule has 234 valence electrons. The lowest BCUT2D eigenvalue weighted by atomic mass is 9.85. The SMILES string of the molecule is CC(C)(C)OC(=O)N1CS(=O)(=O)C[C@H]1C(=O)N[C@H](CCC1CCCCC1)C(=S)NC1CCN(Cc2ccccc2)CC1. The third kappa shape index (κ3) is 9.91. The zero-order chi connectivity index (χ0) is 30.3. The lowest BCUT2D eigenvalue weighted by Crippen LogP contribution is -2.55. The van der Waals surface area contributed by atoms with Crippen LogP contribution in [0, 0.1) is 5.92 Å². The van der Waals surface area contributed by atoms with E-state index >= 15 is 0 Å². The summed E-state index contributed by atoms with van der Waals surface area (Å²) in [6.45, 7) is 7.97. The third-order valence-electron chi connectivity index (χ3n) is 8.46. The van der Waals surface area contributed by atoms with Crippen LogP contribution in [0.25, 0.3) is 0 Å². The van der Waals surface area contributed by atoms with Crippen LogP contribution in [0.1, 0.15) is 84.1 Å². The summed E-state index contributed by atoms with van der Waals surface area (Å²) in [4.78, 5) is 30.5. The first-order valence-corrected chi connectivity index (χ1v) is 17.7. The topological polar surface area (TPSA) is 108 Å². The number of nitrogens with zero attached hydrogens (tertiary/aromatic N) is 2. The van der Waals surface area contributed by atoms with Crippen LogP contribution in [0.5, 0.6) is 0 Å². The van der Waals surface area contributed by atoms with Crippen LogP contribution in [-0.4, -0.2) is 83.7 Å². The van der Waals surface area contributed by atoms with Crippen molar-refractivity contribution in [2.45, 2.75) is 109 Å². The summed E-state index contributed by atoms with van der Waals surface area (Å²) in [6, 6.07) is 9.10. The molecule has 2 saturated heterocycles. The molecule has 2 atom stereocenters. The summed E-state index contributed by atoms with van der Waals surface area (Å²) in [5.41, 5.74) is 0.495. The molecule has 3 aliphatic rings. The van der Waals surface area contributed by atoms with Gasteiger partial charge in [-0.25, -0.2) is 13.2 Å². The van der Waals surface area contributed by atoms with Gasteiger partial charge in [0, 0.05) is 25.7 Å². The van der Waals surface area contributed by atoms with E-state index in [4.69, 9.17) is 17.0 Å². The molecule has 0 spiro atoms. The molecular formula is C31H48N4O5S2. The minimum Gasteiger partial charge on any atom is -0.444 e. The van der Waals surface area contributed by atoms with Gasteiger partial charge in [0.2, 0.25) is 5.91 Å². The van der Waals surface area contributed by atoms with Gasteiger partial charge in [-0.2, -0.15) is 0 Å². The molecular weight excluding hydrogens is 572 g/mol. The zero-order valence-electron chi connectivity index (χ0n) is 25.3. The van der Waals surface area contributed by atoms with Gasteiger partial charge in [0.05, 0.1) is 16.8 Å². The first kappa shape index (κ1) is 32.7. The number of carbonyl (C=O) groups excluding carboxylic acids is 2. The van der Waals surface area contributed by atoms with Crippen LogP contribution in [-0.2, 0) is 25.9 Å². The van der Waals surface area contributed by atoms with Crippen molar-refractivity contribution in [3.05, 3.63) is 35.9 Å². The zero-order valence-corrected chi connectivity index (χ0v) is 27.0. The van der Waals surface area contributed by atoms with Crippen molar-refractivity contribution in [1.29, 1.82) is 0 Å². The predicted octanol–water partition coefficient (Wildman–Crippen LogP) is 4.40. The van der Waals surface area contributed by atoms with E-state index in [-0.39, 0.29) is 6.04 Å². The van der Waals surface area contributed by atoms with Crippen LogP contribution >= 0.6 is 12.2 Å². The Labute approximate surface area is 257 Å². The van der Waals surface area contributed by atoms with Crippen molar-refractivity contribution in [3.63, 3.8) is 0 Å². The molecule has 0 unspecified atom stereocenters. The van der Waals surface area contributed by atoms with Gasteiger partial charge in [0.1, 0.15) is 17.5 Å². The average Bonchev–Trinajstić information content (AvgIpc) is 3.28. The molecule has 2 N–H and O–H groups in total. The van der Waals surface area contributed by atoms with Crippen molar-refractivity contribution < 1.29 is 22.7 Å². The van der Waals surface area contributed by atoms with Gasteiger partial charge in [-0.1, -0.05) is 74.7 Å². The van der Waals surface area contributed by atoms with Crippen LogP contribution in [0.4, 0.5) is 4.79 Å². The number of sulfone groups is 1. The number of likely N-dealkylation sites (tertiary alicyclic amines) is 1. The highest BCUT2D eigenvalue weighted by molar-refractivity contribution is 7.91. The van der Waals surface area contributed by atoms with E-state index in [1.54, 1.807) is 20.8 Å². The normalized spacial score (nSPS) is 22.8. The van der Waals surface area contributed by atoms with Gasteiger partial charge >= 0.3 is 6.09 Å². The molecule has 2 heterocycles. The van der Waals surface area contributed by atoms with Crippen molar-refractivity contribution in [2.24, 2.45) is 5.92 Å². The molecule has 4 rings (SSSR count). The number of piperidine rings is 1. The lowest BCUT2D eigenvalue weighted by molar-refractivity contribution is -0.125. The van der Waals surface area contributed by atoms with E-state index in [2.05, 4.69) is 39.8 Å². The highest BCUT2D eigenvalue weighted by Gasteiger charge is 2.45. The molecule has 0 bridgehead atoms. The fourth-order valence-corrected chi connectivity index (χ4v) is 8.17. The molecule has 11 heteroatoms. The molecule has 2 amide bonds. The largest absolute Gasteiger partial charge is 0.444 e. The van der Waals surface area contributed by atoms with Crippen LogP contribution in [0.2, 0.25) is 0 Å². The Morgan fingerprint density at radius 1 is 1.05 bits per heavy atom. The van der Waals surface area contributed by atoms with Gasteiger partial charge in [-0.3, -0.25) is 14.6 Å². The number of thiocarbonyl (C=S) groups is 1. The molecule has 1 aromatic rings. The molecule has 42 heavy (non-hydrogen) atoms. The molecule has 0 radical (unpaired) electrons. The van der Waals surface area contributed by atoms with Gasteiger partial charge in [-0.15, -0.1) is 0 Å². The number of rotatable bonds is 9. The fourth-order valence-electron chi connectivity index (χ4n) is 6.20. The Morgan fingerprint density at radius 2 is 1.71 bits per heavy atom. The summed E-state index contributed by atoms with van der Waals surface area (Å²) in [6.07, 6.45) is 8.84. The van der Waals surface area contributed by atoms with Crippen LogP contribution in [0.3, 0.4) is 0 Å². The Morgan fingerprint density at radius 3 is 2.36 bits per heavy atom. The number of hydrogen-bond acceptors (Lipinski definition) is 7. The molecule has 9 nitrogen and oxygen atoms in total. The second-order valence-corrected chi connectivity index (χ2v) is 15.7.